The summed E-state index contributed by atoms with van der Waals surface area (Å²) in [6, 6.07) is 7.77. The van der Waals surface area contributed by atoms with E-state index in [1.165, 1.54) is 0 Å². The largest absolute Gasteiger partial charge is 0.491 e. The average Bonchev–Trinajstić information content (AvgIpc) is 2.42. The summed E-state index contributed by atoms with van der Waals surface area (Å²) in [5, 5.41) is 10.1. The fourth-order valence-electron chi connectivity index (χ4n) is 2.40. The Morgan fingerprint density at radius 2 is 2.05 bits per heavy atom. The van der Waals surface area contributed by atoms with E-state index in [2.05, 4.69) is 23.8 Å². The lowest BCUT2D eigenvalue weighted by molar-refractivity contribution is 0.0357. The predicted molar refractivity (Wildman–Crippen MR) is 80.9 cm³/mol. The number of likely N-dealkylation sites (N-methyl/N-ethyl adjacent to an activating group) is 1. The zero-order chi connectivity index (χ0) is 14.5. The van der Waals surface area contributed by atoms with Gasteiger partial charge in [-0.3, -0.25) is 4.90 Å². The number of aliphatic hydroxyl groups is 1. The van der Waals surface area contributed by atoms with Crippen LogP contribution in [0.15, 0.2) is 24.3 Å². The van der Waals surface area contributed by atoms with Crippen LogP contribution in [0.3, 0.4) is 0 Å². The molecule has 20 heavy (non-hydrogen) atoms. The molecule has 1 aliphatic heterocycles. The Kier molecular flexibility index (Phi) is 5.23. The number of anilines is 1. The van der Waals surface area contributed by atoms with Crippen LogP contribution in [0.25, 0.3) is 0 Å². The van der Waals surface area contributed by atoms with Crippen molar-refractivity contribution >= 4 is 5.69 Å². The quantitative estimate of drug-likeness (QED) is 0.775. The number of β-amino-alcohol motifs (C(OH)–C–C–N with tert-alkyl or cyclic N) is 1. The van der Waals surface area contributed by atoms with Crippen molar-refractivity contribution in [2.75, 3.05) is 45.6 Å². The molecule has 2 rings (SSSR count). The van der Waals surface area contributed by atoms with Crippen molar-refractivity contribution in [3.8, 4) is 5.75 Å². The molecule has 1 aromatic carbocycles. The molecule has 0 bridgehead atoms. The number of hydrogen-bond acceptors (Lipinski definition) is 5. The highest BCUT2D eigenvalue weighted by atomic mass is 16.5. The second-order valence-corrected chi connectivity index (χ2v) is 5.62. The van der Waals surface area contributed by atoms with Crippen LogP contribution in [0.5, 0.6) is 5.75 Å². The van der Waals surface area contributed by atoms with E-state index >= 15 is 0 Å². The minimum Gasteiger partial charge on any atom is -0.491 e. The molecule has 1 saturated heterocycles. The molecule has 1 aromatic rings. The molecule has 0 amide bonds. The Morgan fingerprint density at radius 1 is 1.35 bits per heavy atom. The van der Waals surface area contributed by atoms with E-state index < -0.39 is 6.10 Å². The van der Waals surface area contributed by atoms with Crippen LogP contribution < -0.4 is 10.5 Å². The fraction of sp³-hybridized carbons (Fsp3) is 0.600. The first-order valence-electron chi connectivity index (χ1n) is 7.13. The summed E-state index contributed by atoms with van der Waals surface area (Å²) >= 11 is 0. The van der Waals surface area contributed by atoms with E-state index in [4.69, 9.17) is 10.5 Å². The lowest BCUT2D eigenvalue weighted by Crippen LogP contribution is -2.52. The van der Waals surface area contributed by atoms with Gasteiger partial charge in [-0.25, -0.2) is 0 Å². The smallest absolute Gasteiger partial charge is 0.119 e. The number of aliphatic hydroxyl groups excluding tert-OH is 1. The number of nitrogens with zero attached hydrogens (tertiary/aromatic N) is 2. The van der Waals surface area contributed by atoms with Crippen molar-refractivity contribution in [3.05, 3.63) is 24.3 Å². The van der Waals surface area contributed by atoms with Gasteiger partial charge in [0.05, 0.1) is 0 Å². The van der Waals surface area contributed by atoms with Gasteiger partial charge in [0.15, 0.2) is 0 Å². The van der Waals surface area contributed by atoms with Gasteiger partial charge < -0.3 is 20.5 Å². The van der Waals surface area contributed by atoms with Crippen molar-refractivity contribution < 1.29 is 9.84 Å². The van der Waals surface area contributed by atoms with Gasteiger partial charge >= 0.3 is 0 Å². The maximum atomic E-state index is 10.1. The molecular formula is C15H25N3O2. The van der Waals surface area contributed by atoms with Gasteiger partial charge in [0.1, 0.15) is 18.5 Å². The summed E-state index contributed by atoms with van der Waals surface area (Å²) in [6.07, 6.45) is -0.469. The predicted octanol–water partition coefficient (Wildman–Crippen LogP) is 0.644. The van der Waals surface area contributed by atoms with Crippen LogP contribution in [-0.4, -0.2) is 66.9 Å². The Hall–Kier alpha value is -1.30. The van der Waals surface area contributed by atoms with E-state index in [1.54, 1.807) is 12.1 Å². The van der Waals surface area contributed by atoms with Gasteiger partial charge in [0, 0.05) is 37.9 Å². The van der Waals surface area contributed by atoms with Crippen molar-refractivity contribution in [2.45, 2.75) is 19.1 Å². The zero-order valence-corrected chi connectivity index (χ0v) is 12.3. The number of nitrogen functional groups attached to an aromatic ring is 1. The number of piperazine rings is 1. The Morgan fingerprint density at radius 3 is 2.70 bits per heavy atom. The van der Waals surface area contributed by atoms with Gasteiger partial charge in [0.2, 0.25) is 0 Å². The summed E-state index contributed by atoms with van der Waals surface area (Å²) < 4.78 is 5.57. The van der Waals surface area contributed by atoms with E-state index in [0.717, 1.165) is 25.4 Å². The van der Waals surface area contributed by atoms with Crippen molar-refractivity contribution in [1.29, 1.82) is 0 Å². The molecule has 5 heteroatoms. The van der Waals surface area contributed by atoms with Gasteiger partial charge in [-0.15, -0.1) is 0 Å². The topological polar surface area (TPSA) is 62.0 Å². The third kappa shape index (κ3) is 4.37. The third-order valence-electron chi connectivity index (χ3n) is 3.84. The molecule has 2 atom stereocenters. The molecule has 0 spiro atoms. The van der Waals surface area contributed by atoms with Crippen LogP contribution >= 0.6 is 0 Å². The van der Waals surface area contributed by atoms with E-state index in [0.29, 0.717) is 24.9 Å². The average molecular weight is 279 g/mol. The molecule has 0 saturated carbocycles. The third-order valence-corrected chi connectivity index (χ3v) is 3.84. The summed E-state index contributed by atoms with van der Waals surface area (Å²) in [5.74, 6) is 0.741. The molecular weight excluding hydrogens is 254 g/mol. The highest BCUT2D eigenvalue weighted by Crippen LogP contribution is 2.13. The van der Waals surface area contributed by atoms with Crippen LogP contribution in [0.1, 0.15) is 6.92 Å². The normalized spacial score (nSPS) is 22.6. The molecule has 5 nitrogen and oxygen atoms in total. The molecule has 1 fully saturated rings. The maximum Gasteiger partial charge on any atom is 0.119 e. The zero-order valence-electron chi connectivity index (χ0n) is 12.3. The Bertz CT molecular complexity index is 410. The Balaban J connectivity index is 1.72. The van der Waals surface area contributed by atoms with Gasteiger partial charge in [0.25, 0.3) is 0 Å². The van der Waals surface area contributed by atoms with Gasteiger partial charge in [-0.1, -0.05) is 0 Å². The summed E-state index contributed by atoms with van der Waals surface area (Å²) in [5.41, 5.74) is 6.33. The van der Waals surface area contributed by atoms with E-state index in [9.17, 15) is 5.11 Å². The van der Waals surface area contributed by atoms with Gasteiger partial charge in [-0.2, -0.15) is 0 Å². The van der Waals surface area contributed by atoms with Crippen LogP contribution in [0, 0.1) is 0 Å². The molecule has 0 aromatic heterocycles. The lowest BCUT2D eigenvalue weighted by Gasteiger charge is -2.38. The first-order valence-corrected chi connectivity index (χ1v) is 7.13. The highest BCUT2D eigenvalue weighted by molar-refractivity contribution is 5.41. The molecule has 0 radical (unpaired) electrons. The van der Waals surface area contributed by atoms with Crippen LogP contribution in [-0.2, 0) is 0 Å². The van der Waals surface area contributed by atoms with Crippen LogP contribution in [0.4, 0.5) is 5.69 Å². The summed E-state index contributed by atoms with van der Waals surface area (Å²) in [7, 11) is 2.14. The van der Waals surface area contributed by atoms with E-state index in [-0.39, 0.29) is 0 Å². The number of rotatable bonds is 5. The standard InChI is InChI=1S/C15H25N3O2/c1-12-9-18(8-7-17(12)2)10-14(19)11-20-15-5-3-13(16)4-6-15/h3-6,12,14,19H,7-11,16H2,1-2H3. The lowest BCUT2D eigenvalue weighted by atomic mass is 10.2. The molecule has 0 aliphatic carbocycles. The summed E-state index contributed by atoms with van der Waals surface area (Å²) in [4.78, 5) is 4.63. The Labute approximate surface area is 120 Å². The molecule has 1 aliphatic rings. The monoisotopic (exact) mass is 279 g/mol. The minimum absolute atomic E-state index is 0.310. The van der Waals surface area contributed by atoms with Crippen molar-refractivity contribution in [1.82, 2.24) is 9.80 Å². The number of ether oxygens (including phenoxy) is 1. The molecule has 3 N–H and O–H groups in total. The first kappa shape index (κ1) is 15.1. The maximum absolute atomic E-state index is 10.1. The van der Waals surface area contributed by atoms with Gasteiger partial charge in [-0.05, 0) is 38.2 Å². The second-order valence-electron chi connectivity index (χ2n) is 5.62. The number of benzene rings is 1. The molecule has 112 valence electrons. The van der Waals surface area contributed by atoms with Crippen molar-refractivity contribution in [2.24, 2.45) is 0 Å². The fourth-order valence-corrected chi connectivity index (χ4v) is 2.40. The van der Waals surface area contributed by atoms with Crippen LogP contribution in [0.2, 0.25) is 0 Å². The highest BCUT2D eigenvalue weighted by Gasteiger charge is 2.22. The summed E-state index contributed by atoms with van der Waals surface area (Å²) in [6.45, 7) is 6.23. The molecule has 2 unspecified atom stereocenters. The SMILES string of the molecule is CC1CN(CC(O)COc2ccc(N)cc2)CCN1C. The van der Waals surface area contributed by atoms with Crippen molar-refractivity contribution in [3.63, 3.8) is 0 Å². The number of nitrogens with two attached hydrogens (primary N) is 1. The molecule has 1 heterocycles. The minimum atomic E-state index is -0.469. The number of hydrogen-bond donors (Lipinski definition) is 2. The van der Waals surface area contributed by atoms with E-state index in [1.807, 2.05) is 12.1 Å². The first-order chi connectivity index (χ1) is 9.54. The second kappa shape index (κ2) is 6.92.